The van der Waals surface area contributed by atoms with E-state index in [9.17, 15) is 4.79 Å². The van der Waals surface area contributed by atoms with Gasteiger partial charge in [0.05, 0.1) is 0 Å². The van der Waals surface area contributed by atoms with Crippen LogP contribution in [0.1, 0.15) is 0 Å². The lowest BCUT2D eigenvalue weighted by molar-refractivity contribution is 0.254. The van der Waals surface area contributed by atoms with Crippen LogP contribution < -0.4 is 10.6 Å². The van der Waals surface area contributed by atoms with E-state index < -0.39 is 0 Å². The zero-order valence-electron chi connectivity index (χ0n) is 6.47. The predicted octanol–water partition coefficient (Wildman–Crippen LogP) is 1.60. The van der Waals surface area contributed by atoms with Gasteiger partial charge in [0.1, 0.15) is 4.60 Å². The van der Waals surface area contributed by atoms with E-state index in [4.69, 9.17) is 0 Å². The van der Waals surface area contributed by atoms with E-state index in [0.717, 1.165) is 0 Å². The Balaban J connectivity index is 2.69. The maximum atomic E-state index is 10.8. The monoisotopic (exact) mass is 229 g/mol. The summed E-state index contributed by atoms with van der Waals surface area (Å²) in [6.45, 7) is 0. The lowest BCUT2D eigenvalue weighted by atomic mass is 10.4. The van der Waals surface area contributed by atoms with Crippen LogP contribution in [0.2, 0.25) is 0 Å². The predicted molar refractivity (Wildman–Crippen MR) is 50.0 cm³/mol. The number of aromatic nitrogens is 1. The third kappa shape index (κ3) is 2.50. The van der Waals surface area contributed by atoms with Crippen molar-refractivity contribution >= 4 is 27.6 Å². The molecule has 0 bridgehead atoms. The van der Waals surface area contributed by atoms with E-state index in [2.05, 4.69) is 31.5 Å². The number of nitrogens with zero attached hydrogens (tertiary/aromatic N) is 1. The number of anilines is 1. The van der Waals surface area contributed by atoms with Crippen molar-refractivity contribution in [2.45, 2.75) is 0 Å². The van der Waals surface area contributed by atoms with Crippen LogP contribution in [-0.2, 0) is 0 Å². The van der Waals surface area contributed by atoms with E-state index in [-0.39, 0.29) is 6.03 Å². The third-order valence-corrected chi connectivity index (χ3v) is 1.65. The van der Waals surface area contributed by atoms with Crippen LogP contribution in [0.4, 0.5) is 10.5 Å². The number of nitrogens with one attached hydrogen (secondary N) is 2. The molecule has 4 nitrogen and oxygen atoms in total. The molecule has 0 fully saturated rings. The van der Waals surface area contributed by atoms with E-state index >= 15 is 0 Å². The minimum absolute atomic E-state index is 0.242. The molecule has 0 radical (unpaired) electrons. The number of carbonyl (C=O) groups excluding carboxylic acids is 1. The van der Waals surface area contributed by atoms with Gasteiger partial charge in [-0.05, 0) is 28.1 Å². The molecule has 0 atom stereocenters. The first-order valence-electron chi connectivity index (χ1n) is 3.32. The Labute approximate surface area is 78.5 Å². The number of hydrogen-bond acceptors (Lipinski definition) is 2. The number of pyridine rings is 1. The number of hydrogen-bond donors (Lipinski definition) is 2. The van der Waals surface area contributed by atoms with Crippen molar-refractivity contribution in [3.63, 3.8) is 0 Å². The topological polar surface area (TPSA) is 54.0 Å². The summed E-state index contributed by atoms with van der Waals surface area (Å²) in [6, 6.07) is 3.18. The summed E-state index contributed by atoms with van der Waals surface area (Å²) >= 11 is 3.19. The molecule has 0 aliphatic rings. The van der Waals surface area contributed by atoms with Gasteiger partial charge in [0.2, 0.25) is 0 Å². The summed E-state index contributed by atoms with van der Waals surface area (Å²) in [7, 11) is 1.56. The molecule has 0 aliphatic heterocycles. The molecular weight excluding hydrogens is 222 g/mol. The van der Waals surface area contributed by atoms with Gasteiger partial charge in [0.25, 0.3) is 0 Å². The van der Waals surface area contributed by atoms with Crippen molar-refractivity contribution in [2.75, 3.05) is 12.4 Å². The molecule has 2 N–H and O–H groups in total. The second kappa shape index (κ2) is 4.06. The Morgan fingerprint density at radius 1 is 1.67 bits per heavy atom. The smallest absolute Gasteiger partial charge is 0.318 e. The zero-order chi connectivity index (χ0) is 8.97. The van der Waals surface area contributed by atoms with Gasteiger partial charge in [-0.25, -0.2) is 9.78 Å². The lowest BCUT2D eigenvalue weighted by Crippen LogP contribution is -2.24. The molecule has 1 aromatic rings. The first-order valence-corrected chi connectivity index (χ1v) is 4.12. The second-order valence-corrected chi connectivity index (χ2v) is 2.88. The Morgan fingerprint density at radius 3 is 3.00 bits per heavy atom. The van der Waals surface area contributed by atoms with Gasteiger partial charge in [0.15, 0.2) is 0 Å². The first-order chi connectivity index (χ1) is 5.72. The normalized spacial score (nSPS) is 9.17. The highest BCUT2D eigenvalue weighted by atomic mass is 79.9. The fourth-order valence-electron chi connectivity index (χ4n) is 0.674. The van der Waals surface area contributed by atoms with Crippen LogP contribution in [0.15, 0.2) is 22.9 Å². The Hall–Kier alpha value is -1.10. The molecule has 0 saturated heterocycles. The number of carbonyl (C=O) groups is 1. The lowest BCUT2D eigenvalue weighted by Gasteiger charge is -2.02. The molecule has 0 unspecified atom stereocenters. The van der Waals surface area contributed by atoms with Gasteiger partial charge in [-0.15, -0.1) is 0 Å². The van der Waals surface area contributed by atoms with Crippen LogP contribution in [0.3, 0.4) is 0 Å². The molecule has 0 saturated carbocycles. The summed E-state index contributed by atoms with van der Waals surface area (Å²) in [6.07, 6.45) is 1.61. The number of halogens is 1. The SMILES string of the molecule is CNC(=O)Nc1ccnc(Br)c1. The summed E-state index contributed by atoms with van der Waals surface area (Å²) in [4.78, 5) is 14.8. The van der Waals surface area contributed by atoms with Crippen molar-refractivity contribution in [3.05, 3.63) is 22.9 Å². The molecule has 2 amide bonds. The van der Waals surface area contributed by atoms with Crippen LogP contribution in [0.25, 0.3) is 0 Å². The quantitative estimate of drug-likeness (QED) is 0.720. The Bertz CT molecular complexity index is 290. The van der Waals surface area contributed by atoms with E-state index in [1.165, 1.54) is 0 Å². The molecular formula is C7H8BrN3O. The van der Waals surface area contributed by atoms with Gasteiger partial charge in [0, 0.05) is 18.9 Å². The highest BCUT2D eigenvalue weighted by molar-refractivity contribution is 9.10. The number of amides is 2. The molecule has 64 valence electrons. The average Bonchev–Trinajstić information content (AvgIpc) is 2.04. The van der Waals surface area contributed by atoms with E-state index in [1.54, 1.807) is 25.4 Å². The van der Waals surface area contributed by atoms with Crippen molar-refractivity contribution < 1.29 is 4.79 Å². The third-order valence-electron chi connectivity index (χ3n) is 1.21. The van der Waals surface area contributed by atoms with Crippen LogP contribution in [-0.4, -0.2) is 18.1 Å². The molecule has 5 heteroatoms. The van der Waals surface area contributed by atoms with Crippen molar-refractivity contribution in [2.24, 2.45) is 0 Å². The molecule has 1 heterocycles. The molecule has 12 heavy (non-hydrogen) atoms. The Morgan fingerprint density at radius 2 is 2.42 bits per heavy atom. The summed E-state index contributed by atoms with van der Waals surface area (Å²) in [5, 5.41) is 5.06. The van der Waals surface area contributed by atoms with Crippen molar-refractivity contribution in [3.8, 4) is 0 Å². The van der Waals surface area contributed by atoms with Gasteiger partial charge in [-0.3, -0.25) is 0 Å². The first kappa shape index (κ1) is 8.99. The molecule has 1 rings (SSSR count). The molecule has 0 spiro atoms. The van der Waals surface area contributed by atoms with Gasteiger partial charge >= 0.3 is 6.03 Å². The van der Waals surface area contributed by atoms with Crippen LogP contribution in [0, 0.1) is 0 Å². The van der Waals surface area contributed by atoms with E-state index in [1.807, 2.05) is 0 Å². The molecule has 1 aromatic heterocycles. The fourth-order valence-corrected chi connectivity index (χ4v) is 1.04. The van der Waals surface area contributed by atoms with Gasteiger partial charge in [-0.1, -0.05) is 0 Å². The van der Waals surface area contributed by atoms with Crippen molar-refractivity contribution in [1.29, 1.82) is 0 Å². The summed E-state index contributed by atoms with van der Waals surface area (Å²) < 4.78 is 0.691. The standard InChI is InChI=1S/C7H8BrN3O/c1-9-7(12)11-5-2-3-10-6(8)4-5/h2-4H,1H3,(H2,9,10,11,12). The minimum Gasteiger partial charge on any atom is -0.341 e. The number of rotatable bonds is 1. The minimum atomic E-state index is -0.242. The van der Waals surface area contributed by atoms with Crippen LogP contribution >= 0.6 is 15.9 Å². The average molecular weight is 230 g/mol. The van der Waals surface area contributed by atoms with Crippen LogP contribution in [0.5, 0.6) is 0 Å². The maximum absolute atomic E-state index is 10.8. The highest BCUT2D eigenvalue weighted by Crippen LogP contribution is 2.11. The largest absolute Gasteiger partial charge is 0.341 e. The van der Waals surface area contributed by atoms with E-state index in [0.29, 0.717) is 10.3 Å². The maximum Gasteiger partial charge on any atom is 0.318 e. The van der Waals surface area contributed by atoms with Gasteiger partial charge < -0.3 is 10.6 Å². The summed E-state index contributed by atoms with van der Waals surface area (Å²) in [5.74, 6) is 0. The zero-order valence-corrected chi connectivity index (χ0v) is 8.05. The molecule has 0 aliphatic carbocycles. The number of urea groups is 1. The fraction of sp³-hybridized carbons (Fsp3) is 0.143. The summed E-state index contributed by atoms with van der Waals surface area (Å²) in [5.41, 5.74) is 0.705. The highest BCUT2D eigenvalue weighted by Gasteiger charge is 1.97. The van der Waals surface area contributed by atoms with Crippen molar-refractivity contribution in [1.82, 2.24) is 10.3 Å². The second-order valence-electron chi connectivity index (χ2n) is 2.07. The molecule has 0 aromatic carbocycles. The Kier molecular flexibility index (Phi) is 3.04. The van der Waals surface area contributed by atoms with Gasteiger partial charge in [-0.2, -0.15) is 0 Å².